The summed E-state index contributed by atoms with van der Waals surface area (Å²) in [5, 5.41) is 7.31. The molecule has 0 saturated heterocycles. The fourth-order valence-electron chi connectivity index (χ4n) is 3.19. The van der Waals surface area contributed by atoms with Crippen molar-refractivity contribution in [2.24, 2.45) is 0 Å². The van der Waals surface area contributed by atoms with Crippen molar-refractivity contribution in [2.45, 2.75) is 32.2 Å². The van der Waals surface area contributed by atoms with E-state index < -0.39 is 0 Å². The van der Waals surface area contributed by atoms with Crippen LogP contribution in [-0.2, 0) is 4.79 Å². The summed E-state index contributed by atoms with van der Waals surface area (Å²) in [6.07, 6.45) is 2.10. The van der Waals surface area contributed by atoms with E-state index in [4.69, 9.17) is 4.42 Å². The lowest BCUT2D eigenvalue weighted by molar-refractivity contribution is -0.116. The molecule has 0 bridgehead atoms. The van der Waals surface area contributed by atoms with Crippen molar-refractivity contribution in [3.05, 3.63) is 59.7 Å². The monoisotopic (exact) mass is 339 g/mol. The molecule has 3 heterocycles. The third-order valence-corrected chi connectivity index (χ3v) is 4.43. The number of carbonyl (C=O) groups is 1. The minimum Gasteiger partial charge on any atom is -0.460 e. The Labute approximate surface area is 144 Å². The van der Waals surface area contributed by atoms with Gasteiger partial charge in [0.2, 0.25) is 5.91 Å². The maximum atomic E-state index is 13.1. The fraction of sp³-hybridized carbons (Fsp3) is 0.263. The normalized spacial score (nSPS) is 16.8. The van der Waals surface area contributed by atoms with Gasteiger partial charge in [-0.25, -0.2) is 9.07 Å². The van der Waals surface area contributed by atoms with Crippen LogP contribution in [0.25, 0.3) is 11.3 Å². The predicted molar refractivity (Wildman–Crippen MR) is 91.8 cm³/mol. The van der Waals surface area contributed by atoms with E-state index in [0.717, 1.165) is 16.9 Å². The summed E-state index contributed by atoms with van der Waals surface area (Å²) in [6, 6.07) is 10.0. The molecule has 1 aromatic carbocycles. The molecular weight excluding hydrogens is 321 g/mol. The molecule has 0 unspecified atom stereocenters. The number of carbonyl (C=O) groups excluding carboxylic acids is 1. The summed E-state index contributed by atoms with van der Waals surface area (Å²) in [7, 11) is 0. The summed E-state index contributed by atoms with van der Waals surface area (Å²) >= 11 is 0. The molecule has 2 aromatic heterocycles. The Morgan fingerprint density at radius 3 is 2.72 bits per heavy atom. The highest BCUT2D eigenvalue weighted by molar-refractivity contribution is 5.94. The van der Waals surface area contributed by atoms with E-state index in [9.17, 15) is 9.18 Å². The number of hydrogen-bond acceptors (Lipinski definition) is 3. The molecule has 0 radical (unpaired) electrons. The van der Waals surface area contributed by atoms with Gasteiger partial charge in [0.05, 0.1) is 12.1 Å². The number of nitrogens with one attached hydrogen (secondary N) is 1. The molecule has 1 atom stereocenters. The van der Waals surface area contributed by atoms with Crippen molar-refractivity contribution >= 4 is 11.7 Å². The summed E-state index contributed by atoms with van der Waals surface area (Å²) in [5.74, 6) is 1.57. The average Bonchev–Trinajstić information content (AvgIpc) is 3.21. The van der Waals surface area contributed by atoms with Gasteiger partial charge in [0, 0.05) is 23.6 Å². The highest BCUT2D eigenvalue weighted by atomic mass is 19.1. The fourth-order valence-corrected chi connectivity index (χ4v) is 3.19. The van der Waals surface area contributed by atoms with Gasteiger partial charge in [-0.3, -0.25) is 4.79 Å². The number of rotatable bonds is 3. The van der Waals surface area contributed by atoms with Gasteiger partial charge in [-0.05, 0) is 50.2 Å². The van der Waals surface area contributed by atoms with Gasteiger partial charge in [0.25, 0.3) is 0 Å². The number of aromatic nitrogens is 2. The molecule has 1 aliphatic heterocycles. The van der Waals surface area contributed by atoms with Crippen molar-refractivity contribution in [3.8, 4) is 11.3 Å². The molecular formula is C19H18FN3O2. The predicted octanol–water partition coefficient (Wildman–Crippen LogP) is 4.34. The SMILES string of the molecule is CC(C)n1ncc2c1NC(=O)C[C@@H]2c1ccc(-c2ccc(F)cc2)o1. The zero-order chi connectivity index (χ0) is 17.6. The van der Waals surface area contributed by atoms with Gasteiger partial charge in [-0.2, -0.15) is 5.10 Å². The van der Waals surface area contributed by atoms with Crippen LogP contribution in [0.1, 0.15) is 43.6 Å². The molecule has 128 valence electrons. The van der Waals surface area contributed by atoms with Gasteiger partial charge in [0.15, 0.2) is 0 Å². The molecule has 1 aliphatic rings. The minimum absolute atomic E-state index is 0.0559. The van der Waals surface area contributed by atoms with Gasteiger partial charge in [-0.1, -0.05) is 0 Å². The van der Waals surface area contributed by atoms with E-state index in [1.807, 2.05) is 30.7 Å². The topological polar surface area (TPSA) is 60.1 Å². The van der Waals surface area contributed by atoms with Crippen LogP contribution in [0.3, 0.4) is 0 Å². The molecule has 0 spiro atoms. The third kappa shape index (κ3) is 2.73. The van der Waals surface area contributed by atoms with E-state index in [0.29, 0.717) is 17.9 Å². The van der Waals surface area contributed by atoms with Crippen LogP contribution in [0.5, 0.6) is 0 Å². The lowest BCUT2D eigenvalue weighted by Gasteiger charge is -2.23. The van der Waals surface area contributed by atoms with Gasteiger partial charge in [0.1, 0.15) is 23.2 Å². The second-order valence-corrected chi connectivity index (χ2v) is 6.50. The Balaban J connectivity index is 1.71. The molecule has 6 heteroatoms. The first-order chi connectivity index (χ1) is 12.0. The Morgan fingerprint density at radius 1 is 1.24 bits per heavy atom. The summed E-state index contributed by atoms with van der Waals surface area (Å²) in [5.41, 5.74) is 1.75. The molecule has 0 saturated carbocycles. The van der Waals surface area contributed by atoms with Gasteiger partial charge in [-0.15, -0.1) is 0 Å². The highest BCUT2D eigenvalue weighted by Crippen LogP contribution is 2.39. The van der Waals surface area contributed by atoms with Crippen molar-refractivity contribution in [1.29, 1.82) is 0 Å². The first-order valence-electron chi connectivity index (χ1n) is 8.26. The van der Waals surface area contributed by atoms with E-state index in [1.54, 1.807) is 18.3 Å². The molecule has 1 amide bonds. The zero-order valence-electron chi connectivity index (χ0n) is 14.0. The molecule has 0 aliphatic carbocycles. The Morgan fingerprint density at radius 2 is 2.00 bits per heavy atom. The Kier molecular flexibility index (Phi) is 3.67. The standard InChI is InChI=1S/C19H18FN3O2/c1-11(2)23-19-15(10-21-23)14(9-18(24)22-19)17-8-7-16(25-17)12-3-5-13(20)6-4-12/h3-8,10-11,14H,9H2,1-2H3,(H,22,24)/t14-/m0/s1. The van der Waals surface area contributed by atoms with Crippen LogP contribution >= 0.6 is 0 Å². The zero-order valence-corrected chi connectivity index (χ0v) is 14.0. The number of fused-ring (bicyclic) bond motifs is 1. The maximum absolute atomic E-state index is 13.1. The van der Waals surface area contributed by atoms with Crippen molar-refractivity contribution in [1.82, 2.24) is 9.78 Å². The number of benzene rings is 1. The number of hydrogen-bond donors (Lipinski definition) is 1. The number of furan rings is 1. The Bertz CT molecular complexity index is 925. The van der Waals surface area contributed by atoms with Crippen LogP contribution < -0.4 is 5.32 Å². The van der Waals surface area contributed by atoms with Gasteiger partial charge >= 0.3 is 0 Å². The van der Waals surface area contributed by atoms with Crippen LogP contribution in [-0.4, -0.2) is 15.7 Å². The molecule has 4 rings (SSSR count). The summed E-state index contributed by atoms with van der Waals surface area (Å²) in [6.45, 7) is 4.03. The average molecular weight is 339 g/mol. The molecule has 0 fully saturated rings. The highest BCUT2D eigenvalue weighted by Gasteiger charge is 2.32. The van der Waals surface area contributed by atoms with E-state index >= 15 is 0 Å². The van der Waals surface area contributed by atoms with Crippen LogP contribution in [0.2, 0.25) is 0 Å². The van der Waals surface area contributed by atoms with Crippen LogP contribution in [0.15, 0.2) is 47.0 Å². The lowest BCUT2D eigenvalue weighted by atomic mass is 9.92. The minimum atomic E-state index is -0.287. The molecule has 3 aromatic rings. The second-order valence-electron chi connectivity index (χ2n) is 6.50. The Hall–Kier alpha value is -2.89. The molecule has 5 nitrogen and oxygen atoms in total. The lowest BCUT2D eigenvalue weighted by Crippen LogP contribution is -2.25. The number of nitrogens with zero attached hydrogens (tertiary/aromatic N) is 2. The first-order valence-corrected chi connectivity index (χ1v) is 8.26. The number of anilines is 1. The maximum Gasteiger partial charge on any atom is 0.226 e. The van der Waals surface area contributed by atoms with E-state index in [-0.39, 0.29) is 23.7 Å². The molecule has 25 heavy (non-hydrogen) atoms. The quantitative estimate of drug-likeness (QED) is 0.772. The summed E-state index contributed by atoms with van der Waals surface area (Å²) in [4.78, 5) is 12.2. The van der Waals surface area contributed by atoms with Crippen molar-refractivity contribution in [3.63, 3.8) is 0 Å². The van der Waals surface area contributed by atoms with E-state index in [1.165, 1.54) is 12.1 Å². The first kappa shape index (κ1) is 15.6. The van der Waals surface area contributed by atoms with Crippen molar-refractivity contribution in [2.75, 3.05) is 5.32 Å². The largest absolute Gasteiger partial charge is 0.460 e. The van der Waals surface area contributed by atoms with Gasteiger partial charge < -0.3 is 9.73 Å². The molecule has 1 N–H and O–H groups in total. The van der Waals surface area contributed by atoms with Crippen LogP contribution in [0.4, 0.5) is 10.2 Å². The third-order valence-electron chi connectivity index (χ3n) is 4.43. The van der Waals surface area contributed by atoms with Crippen LogP contribution in [0, 0.1) is 5.82 Å². The summed E-state index contributed by atoms with van der Waals surface area (Å²) < 4.78 is 20.9. The number of amides is 1. The van der Waals surface area contributed by atoms with E-state index in [2.05, 4.69) is 10.4 Å². The second kappa shape index (κ2) is 5.88. The van der Waals surface area contributed by atoms with Crippen molar-refractivity contribution < 1.29 is 13.6 Å². The number of halogens is 1. The smallest absolute Gasteiger partial charge is 0.226 e.